The van der Waals surface area contributed by atoms with E-state index in [1.165, 1.54) is 6.07 Å². The van der Waals surface area contributed by atoms with Crippen LogP contribution in [0.25, 0.3) is 0 Å². The topological polar surface area (TPSA) is 86.6 Å². The van der Waals surface area contributed by atoms with E-state index in [1.807, 2.05) is 22.6 Å². The maximum absolute atomic E-state index is 11.8. The van der Waals surface area contributed by atoms with Crippen LogP contribution in [0.1, 0.15) is 23.7 Å². The Hall–Kier alpha value is -1.31. The molecule has 18 heavy (non-hydrogen) atoms. The van der Waals surface area contributed by atoms with Gasteiger partial charge < -0.3 is 15.5 Å². The summed E-state index contributed by atoms with van der Waals surface area (Å²) in [7, 11) is 0. The maximum atomic E-state index is 11.8. The number of halogens is 1. The highest BCUT2D eigenvalue weighted by molar-refractivity contribution is 14.1. The largest absolute Gasteiger partial charge is 0.507 e. The molecule has 1 atom stereocenters. The van der Waals surface area contributed by atoms with E-state index < -0.39 is 11.9 Å². The summed E-state index contributed by atoms with van der Waals surface area (Å²) >= 11 is 2.04. The number of benzene rings is 1. The predicted octanol–water partition coefficient (Wildman–Crippen LogP) is 1.84. The summed E-state index contributed by atoms with van der Waals surface area (Å²) in [4.78, 5) is 22.3. The zero-order valence-electron chi connectivity index (χ0n) is 9.81. The van der Waals surface area contributed by atoms with E-state index in [2.05, 4.69) is 5.32 Å². The smallest absolute Gasteiger partial charge is 0.303 e. The number of phenolic OH excluding ortho intramolecular Hbond substituents is 1. The molecule has 0 aliphatic heterocycles. The molecule has 0 aromatic heterocycles. The number of phenols is 1. The molecule has 1 aromatic rings. The summed E-state index contributed by atoms with van der Waals surface area (Å²) in [6.45, 7) is 2.00. The lowest BCUT2D eigenvalue weighted by Crippen LogP contribution is -2.29. The molecular formula is C12H14INO4. The molecule has 0 bridgehead atoms. The zero-order valence-corrected chi connectivity index (χ0v) is 12.0. The van der Waals surface area contributed by atoms with Gasteiger partial charge >= 0.3 is 5.97 Å². The van der Waals surface area contributed by atoms with Crippen molar-refractivity contribution in [1.82, 2.24) is 5.32 Å². The molecule has 0 fully saturated rings. The molecule has 0 saturated heterocycles. The Morgan fingerprint density at radius 3 is 2.72 bits per heavy atom. The highest BCUT2D eigenvalue weighted by atomic mass is 127. The van der Waals surface area contributed by atoms with Crippen molar-refractivity contribution < 1.29 is 19.8 Å². The van der Waals surface area contributed by atoms with Gasteiger partial charge in [0, 0.05) is 16.5 Å². The molecule has 6 heteroatoms. The number of hydrogen-bond donors (Lipinski definition) is 3. The lowest BCUT2D eigenvalue weighted by Gasteiger charge is -2.11. The Balaban J connectivity index is 2.60. The average Bonchev–Trinajstić information content (AvgIpc) is 2.28. The van der Waals surface area contributed by atoms with Crippen LogP contribution in [0.2, 0.25) is 0 Å². The van der Waals surface area contributed by atoms with Gasteiger partial charge in [0.05, 0.1) is 5.56 Å². The standard InChI is InChI=1S/C12H14INO4/c1-7(4-11(16)17)6-14-12(18)9-5-8(13)2-3-10(9)15/h2-3,5,7,15H,4,6H2,1H3,(H,14,18)(H,16,17). The Kier molecular flexibility index (Phi) is 5.39. The third-order valence-corrected chi connectivity index (χ3v) is 3.01. The molecule has 0 aliphatic rings. The quantitative estimate of drug-likeness (QED) is 0.697. The third-order valence-electron chi connectivity index (χ3n) is 2.34. The minimum absolute atomic E-state index is 0.00140. The number of carbonyl (C=O) groups excluding carboxylic acids is 1. The van der Waals surface area contributed by atoms with Gasteiger partial charge in [-0.05, 0) is 46.7 Å². The van der Waals surface area contributed by atoms with Crippen molar-refractivity contribution in [1.29, 1.82) is 0 Å². The molecule has 5 nitrogen and oxygen atoms in total. The van der Waals surface area contributed by atoms with E-state index in [1.54, 1.807) is 19.1 Å². The van der Waals surface area contributed by atoms with E-state index in [-0.39, 0.29) is 30.2 Å². The van der Waals surface area contributed by atoms with Gasteiger partial charge in [-0.25, -0.2) is 0 Å². The van der Waals surface area contributed by atoms with E-state index in [0.717, 1.165) is 3.57 Å². The van der Waals surface area contributed by atoms with Gasteiger partial charge in [-0.3, -0.25) is 9.59 Å². The molecule has 0 saturated carbocycles. The molecule has 1 rings (SSSR count). The lowest BCUT2D eigenvalue weighted by molar-refractivity contribution is -0.137. The predicted molar refractivity (Wildman–Crippen MR) is 74.6 cm³/mol. The van der Waals surface area contributed by atoms with Gasteiger partial charge in [-0.15, -0.1) is 0 Å². The number of carboxylic acids is 1. The number of aliphatic carboxylic acids is 1. The first-order valence-electron chi connectivity index (χ1n) is 5.38. The van der Waals surface area contributed by atoms with Gasteiger partial charge in [0.1, 0.15) is 5.75 Å². The number of carboxylic acid groups (broad SMARTS) is 1. The second kappa shape index (κ2) is 6.58. The Morgan fingerprint density at radius 2 is 2.11 bits per heavy atom. The molecular weight excluding hydrogens is 349 g/mol. The summed E-state index contributed by atoms with van der Waals surface area (Å²) in [6, 6.07) is 4.73. The minimum atomic E-state index is -0.895. The number of carbonyl (C=O) groups is 2. The normalized spacial score (nSPS) is 11.9. The lowest BCUT2D eigenvalue weighted by atomic mass is 10.1. The first kappa shape index (κ1) is 14.7. The first-order chi connectivity index (χ1) is 8.40. The van der Waals surface area contributed by atoms with Crippen molar-refractivity contribution >= 4 is 34.5 Å². The van der Waals surface area contributed by atoms with Crippen LogP contribution in [0, 0.1) is 9.49 Å². The van der Waals surface area contributed by atoms with E-state index >= 15 is 0 Å². The molecule has 98 valence electrons. The van der Waals surface area contributed by atoms with Crippen LogP contribution in [0.4, 0.5) is 0 Å². The fourth-order valence-electron chi connectivity index (χ4n) is 1.42. The van der Waals surface area contributed by atoms with Gasteiger partial charge in [0.2, 0.25) is 0 Å². The summed E-state index contributed by atoms with van der Waals surface area (Å²) in [5.41, 5.74) is 0.199. The Labute approximate surface area is 118 Å². The number of amides is 1. The van der Waals surface area contributed by atoms with Gasteiger partial charge in [0.25, 0.3) is 5.91 Å². The molecule has 0 radical (unpaired) electrons. The third kappa shape index (κ3) is 4.52. The summed E-state index contributed by atoms with van der Waals surface area (Å²) in [5, 5.41) is 20.8. The van der Waals surface area contributed by atoms with Crippen molar-refractivity contribution in [2.24, 2.45) is 5.92 Å². The van der Waals surface area contributed by atoms with Gasteiger partial charge in [-0.2, -0.15) is 0 Å². The van der Waals surface area contributed by atoms with Crippen molar-refractivity contribution in [2.45, 2.75) is 13.3 Å². The Bertz CT molecular complexity index is 461. The van der Waals surface area contributed by atoms with E-state index in [4.69, 9.17) is 5.11 Å². The van der Waals surface area contributed by atoms with Crippen LogP contribution < -0.4 is 5.32 Å². The van der Waals surface area contributed by atoms with Gasteiger partial charge in [-0.1, -0.05) is 6.92 Å². The monoisotopic (exact) mass is 363 g/mol. The van der Waals surface area contributed by atoms with Crippen LogP contribution in [0.15, 0.2) is 18.2 Å². The Morgan fingerprint density at radius 1 is 1.44 bits per heavy atom. The molecule has 1 amide bonds. The highest BCUT2D eigenvalue weighted by Gasteiger charge is 2.13. The van der Waals surface area contributed by atoms with Crippen LogP contribution in [0.5, 0.6) is 5.75 Å². The summed E-state index contributed by atoms with van der Waals surface area (Å²) in [6.07, 6.45) is -0.00140. The van der Waals surface area contributed by atoms with Crippen LogP contribution in [-0.2, 0) is 4.79 Å². The molecule has 3 N–H and O–H groups in total. The fraction of sp³-hybridized carbons (Fsp3) is 0.333. The number of rotatable bonds is 5. The first-order valence-corrected chi connectivity index (χ1v) is 6.46. The summed E-state index contributed by atoms with van der Waals surface area (Å²) in [5.74, 6) is -1.53. The van der Waals surface area contributed by atoms with Crippen LogP contribution in [0.3, 0.4) is 0 Å². The second-order valence-electron chi connectivity index (χ2n) is 4.07. The molecule has 1 unspecified atom stereocenters. The maximum Gasteiger partial charge on any atom is 0.303 e. The molecule has 0 aliphatic carbocycles. The van der Waals surface area contributed by atoms with E-state index in [9.17, 15) is 14.7 Å². The summed E-state index contributed by atoms with van der Waals surface area (Å²) < 4.78 is 0.842. The number of aromatic hydroxyl groups is 1. The van der Waals surface area contributed by atoms with Crippen LogP contribution >= 0.6 is 22.6 Å². The van der Waals surface area contributed by atoms with Crippen LogP contribution in [-0.4, -0.2) is 28.6 Å². The molecule has 0 spiro atoms. The van der Waals surface area contributed by atoms with Crippen molar-refractivity contribution in [3.63, 3.8) is 0 Å². The van der Waals surface area contributed by atoms with Gasteiger partial charge in [0.15, 0.2) is 0 Å². The number of hydrogen-bond acceptors (Lipinski definition) is 3. The SMILES string of the molecule is CC(CNC(=O)c1cc(I)ccc1O)CC(=O)O. The van der Waals surface area contributed by atoms with Crippen molar-refractivity contribution in [2.75, 3.05) is 6.54 Å². The second-order valence-corrected chi connectivity index (χ2v) is 5.32. The zero-order chi connectivity index (χ0) is 13.7. The highest BCUT2D eigenvalue weighted by Crippen LogP contribution is 2.19. The average molecular weight is 363 g/mol. The van der Waals surface area contributed by atoms with Crippen molar-refractivity contribution in [3.8, 4) is 5.75 Å². The minimum Gasteiger partial charge on any atom is -0.507 e. The molecule has 1 aromatic carbocycles. The number of nitrogens with one attached hydrogen (secondary N) is 1. The van der Waals surface area contributed by atoms with E-state index in [0.29, 0.717) is 0 Å². The molecule has 0 heterocycles. The fourth-order valence-corrected chi connectivity index (χ4v) is 1.91. The van der Waals surface area contributed by atoms with Crippen molar-refractivity contribution in [3.05, 3.63) is 27.3 Å².